The zero-order chi connectivity index (χ0) is 69.2. The van der Waals surface area contributed by atoms with Crippen molar-refractivity contribution in [1.29, 1.82) is 0 Å². The van der Waals surface area contributed by atoms with E-state index in [1.54, 1.807) is 24.3 Å². The largest absolute Gasteiger partial charge is 0.454 e. The molecule has 0 bridgehead atoms. The van der Waals surface area contributed by atoms with Crippen LogP contribution in [-0.4, -0.2) is 129 Å². The molecular weight excluding hydrogens is 1280 g/mol. The zero-order valence-corrected chi connectivity index (χ0v) is 56.3. The van der Waals surface area contributed by atoms with E-state index >= 15 is 0 Å². The summed E-state index contributed by atoms with van der Waals surface area (Å²) >= 11 is 0. The minimum Gasteiger partial charge on any atom is -0.454 e. The maximum Gasteiger partial charge on any atom is 0.338 e. The van der Waals surface area contributed by atoms with E-state index in [1.165, 1.54) is 6.92 Å². The first kappa shape index (κ1) is 72.2. The molecule has 0 saturated carbocycles. The zero-order valence-electron chi connectivity index (χ0n) is 56.3. The number of rotatable bonds is 34. The highest BCUT2D eigenvalue weighted by molar-refractivity contribution is 5.89. The van der Waals surface area contributed by atoms with Gasteiger partial charge in [0.25, 0.3) is 0 Å². The highest BCUT2D eigenvalue weighted by Crippen LogP contribution is 2.37. The lowest BCUT2D eigenvalue weighted by atomic mass is 9.96. The summed E-state index contributed by atoms with van der Waals surface area (Å²) in [5, 5.41) is 12.2. The number of hydrogen-bond acceptors (Lipinski definition) is 18. The highest BCUT2D eigenvalue weighted by atomic mass is 16.8. The first-order valence-corrected chi connectivity index (χ1v) is 34.3. The smallest absolute Gasteiger partial charge is 0.338 e. The molecule has 0 amide bonds. The third kappa shape index (κ3) is 21.0. The van der Waals surface area contributed by atoms with Crippen LogP contribution in [0.5, 0.6) is 0 Å². The molecule has 3 aliphatic heterocycles. The van der Waals surface area contributed by atoms with E-state index in [9.17, 15) is 14.7 Å². The molecular formula is C83H86O18. The fraction of sp³-hybridized carbons (Fsp3) is 0.325. The summed E-state index contributed by atoms with van der Waals surface area (Å²) in [6.45, 7) is 1.52. The topological polar surface area (TPSA) is 193 Å². The predicted molar refractivity (Wildman–Crippen MR) is 373 cm³/mol. The maximum absolute atomic E-state index is 14.7. The molecule has 3 aliphatic rings. The number of hydrogen-bond donors (Lipinski definition) is 1. The van der Waals surface area contributed by atoms with Crippen LogP contribution in [0.4, 0.5) is 0 Å². The highest BCUT2D eigenvalue weighted by Gasteiger charge is 2.55. The number of aliphatic hydroxyl groups excluding tert-OH is 1. The Morgan fingerprint density at radius 1 is 0.287 bits per heavy atom. The van der Waals surface area contributed by atoms with Gasteiger partial charge in [0.15, 0.2) is 31.1 Å². The van der Waals surface area contributed by atoms with E-state index < -0.39 is 104 Å². The number of esters is 2. The van der Waals surface area contributed by atoms with Crippen molar-refractivity contribution in [2.75, 3.05) is 19.8 Å². The first-order chi connectivity index (χ1) is 49.7. The minimum absolute atomic E-state index is 0.0110. The van der Waals surface area contributed by atoms with Crippen molar-refractivity contribution >= 4 is 11.9 Å². The van der Waals surface area contributed by atoms with E-state index in [4.69, 9.17) is 71.1 Å². The number of ether oxygens (including phenoxy) is 15. The summed E-state index contributed by atoms with van der Waals surface area (Å²) in [6.07, 6.45) is -17.4. The summed E-state index contributed by atoms with van der Waals surface area (Å²) in [5.41, 5.74) is 7.18. The lowest BCUT2D eigenvalue weighted by Gasteiger charge is -2.48. The average Bonchev–Trinajstić information content (AvgIpc) is 0.786. The van der Waals surface area contributed by atoms with Gasteiger partial charge in [-0.2, -0.15) is 0 Å². The van der Waals surface area contributed by atoms with Gasteiger partial charge in [-0.3, -0.25) is 4.79 Å². The summed E-state index contributed by atoms with van der Waals surface area (Å²) in [4.78, 5) is 28.4. The molecule has 15 atom stereocenters. The van der Waals surface area contributed by atoms with Gasteiger partial charge in [0.1, 0.15) is 61.0 Å². The van der Waals surface area contributed by atoms with Gasteiger partial charge >= 0.3 is 11.9 Å². The molecule has 12 rings (SSSR count). The Morgan fingerprint density at radius 2 is 0.545 bits per heavy atom. The van der Waals surface area contributed by atoms with Gasteiger partial charge in [-0.15, -0.1) is 0 Å². The molecule has 0 aliphatic carbocycles. The second kappa shape index (κ2) is 37.9. The van der Waals surface area contributed by atoms with E-state index in [0.717, 1.165) is 44.5 Å². The molecule has 3 saturated heterocycles. The minimum atomic E-state index is -1.56. The Bertz CT molecular complexity index is 3820. The van der Waals surface area contributed by atoms with Crippen LogP contribution in [0.2, 0.25) is 0 Å². The van der Waals surface area contributed by atoms with Crippen LogP contribution in [0.15, 0.2) is 273 Å². The van der Waals surface area contributed by atoms with Crippen molar-refractivity contribution in [3.8, 4) is 0 Å². The third-order valence-electron chi connectivity index (χ3n) is 17.6. The normalized spacial score (nSPS) is 25.0. The summed E-state index contributed by atoms with van der Waals surface area (Å²) < 4.78 is 103. The third-order valence-corrected chi connectivity index (χ3v) is 17.6. The molecule has 0 aromatic heterocycles. The monoisotopic (exact) mass is 1370 g/mol. The van der Waals surface area contributed by atoms with E-state index in [2.05, 4.69) is 0 Å². The molecule has 9 aromatic carbocycles. The van der Waals surface area contributed by atoms with Crippen molar-refractivity contribution in [2.45, 2.75) is 152 Å². The molecule has 0 spiro atoms. The van der Waals surface area contributed by atoms with Crippen LogP contribution < -0.4 is 0 Å². The van der Waals surface area contributed by atoms with Gasteiger partial charge in [0, 0.05) is 6.92 Å². The SMILES string of the molecule is CC(=O)O[C@H]1[C@H](OC[C@H]2O[C@H](O)[C@H](OCc3ccccc3)[C@@H](OCc3ccccc3)[C@@H]2OCc2ccccc2)O[C@H](CO[C@@H]2O[C@H](COCc3ccccc3)[C@@H](OCc3ccccc3)[C@H](OCc3ccccc3)[C@H]2OC(=O)c2ccccc2)[C@@H](OCc2ccccc2)[C@@H]1OCc1ccccc1. The maximum atomic E-state index is 14.7. The fourth-order valence-corrected chi connectivity index (χ4v) is 12.5. The molecule has 526 valence electrons. The molecule has 9 aromatic rings. The van der Waals surface area contributed by atoms with Gasteiger partial charge in [0.05, 0.1) is 78.2 Å². The predicted octanol–water partition coefficient (Wildman–Crippen LogP) is 12.7. The Balaban J connectivity index is 0.910. The van der Waals surface area contributed by atoms with Crippen LogP contribution in [0, 0.1) is 0 Å². The molecule has 18 nitrogen and oxygen atoms in total. The quantitative estimate of drug-likeness (QED) is 0.0374. The van der Waals surface area contributed by atoms with Gasteiger partial charge in [-0.05, 0) is 56.6 Å². The average molecular weight is 1370 g/mol. The van der Waals surface area contributed by atoms with Crippen molar-refractivity contribution in [3.63, 3.8) is 0 Å². The van der Waals surface area contributed by atoms with Crippen LogP contribution in [0.3, 0.4) is 0 Å². The Hall–Kier alpha value is -8.64. The Labute approximate surface area is 589 Å². The summed E-state index contributed by atoms with van der Waals surface area (Å²) in [5.74, 6) is -1.34. The van der Waals surface area contributed by atoms with Gasteiger partial charge in [-0.1, -0.05) is 261 Å². The number of carbonyl (C=O) groups is 2. The van der Waals surface area contributed by atoms with Crippen molar-refractivity contribution in [3.05, 3.63) is 323 Å². The van der Waals surface area contributed by atoms with Crippen LogP contribution >= 0.6 is 0 Å². The standard InChI is InChI=1S/C83H86O18/c1-58(84)97-78-75(92-52-64-39-21-7-22-40-64)73(90-50-62-35-17-5-18-36-62)70(100-82(78)95-56-69-72(89-49-61-33-15-4-16-34-61)74(91-51-63-37-19-6-20-38-63)77(81(86)98-69)94-54-66-43-25-9-26-44-66)57-96-83-79(101-80(85)67-45-27-10-28-46-67)76(93-53-65-41-23-8-24-42-65)71(88-48-60-31-13-3-14-32-60)68(99-83)55-87-47-59-29-11-2-12-30-59/h2-46,68-79,81-83,86H,47-57H2,1H3/t68-,69-,70-,71-,72-,73-,74+,75+,76+,77-,78-,79-,81+,82-,83-/m1/s1. The number of benzene rings is 9. The lowest BCUT2D eigenvalue weighted by Crippen LogP contribution is -2.65. The first-order valence-electron chi connectivity index (χ1n) is 34.3. The van der Waals surface area contributed by atoms with E-state index in [0.29, 0.717) is 0 Å². The molecule has 1 N–H and O–H groups in total. The van der Waals surface area contributed by atoms with Crippen molar-refractivity contribution in [1.82, 2.24) is 0 Å². The van der Waals surface area contributed by atoms with E-state index in [-0.39, 0.29) is 78.2 Å². The van der Waals surface area contributed by atoms with Crippen molar-refractivity contribution < 1.29 is 85.7 Å². The van der Waals surface area contributed by atoms with Gasteiger partial charge in [-0.25, -0.2) is 4.79 Å². The molecule has 0 radical (unpaired) electrons. The van der Waals surface area contributed by atoms with Gasteiger partial charge in [0.2, 0.25) is 0 Å². The summed E-state index contributed by atoms with van der Waals surface area (Å²) in [6, 6.07) is 85.9. The van der Waals surface area contributed by atoms with Crippen LogP contribution in [0.1, 0.15) is 61.8 Å². The van der Waals surface area contributed by atoms with Crippen molar-refractivity contribution in [2.24, 2.45) is 0 Å². The molecule has 18 heteroatoms. The fourth-order valence-electron chi connectivity index (χ4n) is 12.5. The van der Waals surface area contributed by atoms with Crippen LogP contribution in [-0.2, 0) is 129 Å². The molecule has 101 heavy (non-hydrogen) atoms. The van der Waals surface area contributed by atoms with E-state index in [1.807, 2.05) is 249 Å². The molecule has 0 unspecified atom stereocenters. The molecule has 3 heterocycles. The Morgan fingerprint density at radius 3 is 0.871 bits per heavy atom. The lowest BCUT2D eigenvalue weighted by molar-refractivity contribution is -0.355. The number of carbonyl (C=O) groups excluding carboxylic acids is 2. The molecule has 3 fully saturated rings. The summed E-state index contributed by atoms with van der Waals surface area (Å²) in [7, 11) is 0. The van der Waals surface area contributed by atoms with Crippen LogP contribution in [0.25, 0.3) is 0 Å². The van der Waals surface area contributed by atoms with Gasteiger partial charge < -0.3 is 76.2 Å². The second-order valence-corrected chi connectivity index (χ2v) is 25.0. The number of aliphatic hydroxyl groups is 1. The second-order valence-electron chi connectivity index (χ2n) is 25.0. The Kier molecular flexibility index (Phi) is 27.1.